The monoisotopic (exact) mass is 744 g/mol. The highest BCUT2D eigenvalue weighted by Crippen LogP contribution is 2.29. The fraction of sp³-hybridized carbons (Fsp3) is 0.186. The van der Waals surface area contributed by atoms with E-state index in [4.69, 9.17) is 4.74 Å². The zero-order valence-corrected chi connectivity index (χ0v) is 29.8. The third-order valence-electron chi connectivity index (χ3n) is 9.19. The van der Waals surface area contributed by atoms with Crippen molar-refractivity contribution in [2.24, 2.45) is 0 Å². The van der Waals surface area contributed by atoms with Crippen LogP contribution in [0.1, 0.15) is 56.7 Å². The minimum absolute atomic E-state index is 0.0632. The molecular weight excluding hydrogens is 703 g/mol. The molecule has 2 amide bonds. The molecular formula is C43H41FN4O7. The number of carbonyl (C=O) groups excluding carboxylic acids is 1. The Labute approximate surface area is 316 Å². The van der Waals surface area contributed by atoms with Crippen molar-refractivity contribution in [3.8, 4) is 11.5 Å². The Balaban J connectivity index is 1.07. The molecule has 6 aromatic rings. The van der Waals surface area contributed by atoms with Gasteiger partial charge in [0.1, 0.15) is 23.9 Å². The minimum atomic E-state index is -1.14. The van der Waals surface area contributed by atoms with E-state index in [0.717, 1.165) is 16.7 Å². The molecule has 0 aliphatic carbocycles. The van der Waals surface area contributed by atoms with E-state index >= 15 is 0 Å². The van der Waals surface area contributed by atoms with Gasteiger partial charge in [-0.05, 0) is 77.7 Å². The molecule has 6 rings (SSSR count). The van der Waals surface area contributed by atoms with E-state index in [2.05, 4.69) is 15.6 Å². The average molecular weight is 745 g/mol. The average Bonchev–Trinajstić information content (AvgIpc) is 3.20. The zero-order valence-electron chi connectivity index (χ0n) is 29.8. The fourth-order valence-corrected chi connectivity index (χ4v) is 6.38. The van der Waals surface area contributed by atoms with Crippen LogP contribution in [0.5, 0.6) is 11.5 Å². The fourth-order valence-electron chi connectivity index (χ4n) is 6.38. The van der Waals surface area contributed by atoms with Crippen molar-refractivity contribution in [2.45, 2.75) is 31.7 Å². The lowest BCUT2D eigenvalue weighted by atomic mass is 9.98. The van der Waals surface area contributed by atoms with Gasteiger partial charge in [0.15, 0.2) is 0 Å². The van der Waals surface area contributed by atoms with Crippen molar-refractivity contribution < 1.29 is 34.0 Å². The molecule has 12 heteroatoms. The molecule has 11 nitrogen and oxygen atoms in total. The first-order valence-electron chi connectivity index (χ1n) is 17.8. The number of fused-ring (bicyclic) bond motifs is 1. The molecule has 1 heterocycles. The summed E-state index contributed by atoms with van der Waals surface area (Å²) < 4.78 is 20.8. The van der Waals surface area contributed by atoms with E-state index in [1.807, 2.05) is 36.4 Å². The number of ether oxygens (including phenoxy) is 1. The number of nitrogens with zero attached hydrogens (tertiary/aromatic N) is 1. The van der Waals surface area contributed by atoms with Gasteiger partial charge in [-0.15, -0.1) is 0 Å². The molecule has 1 aromatic heterocycles. The van der Waals surface area contributed by atoms with Gasteiger partial charge in [-0.25, -0.2) is 9.18 Å². The summed E-state index contributed by atoms with van der Waals surface area (Å²) in [6, 6.07) is 35.1. The highest BCUT2D eigenvalue weighted by atomic mass is 19.1. The number of benzene rings is 5. The summed E-state index contributed by atoms with van der Waals surface area (Å²) in [5, 5.41) is 36.8. The van der Waals surface area contributed by atoms with Crippen LogP contribution in [0.2, 0.25) is 0 Å². The van der Waals surface area contributed by atoms with Crippen molar-refractivity contribution >= 4 is 22.9 Å². The van der Waals surface area contributed by atoms with Crippen LogP contribution in [-0.2, 0) is 13.2 Å². The number of aliphatic hydroxyl groups is 1. The Morgan fingerprint density at radius 2 is 1.60 bits per heavy atom. The number of aliphatic hydroxyl groups excluding tert-OH is 1. The summed E-state index contributed by atoms with van der Waals surface area (Å²) in [6.07, 6.45) is -1.57. The summed E-state index contributed by atoms with van der Waals surface area (Å²) in [6.45, 7) is 1.20. The maximum Gasteiger partial charge on any atom is 0.405 e. The molecule has 55 heavy (non-hydrogen) atoms. The number of carboxylic acid groups (broad SMARTS) is 1. The Hall–Kier alpha value is -6.50. The largest absolute Gasteiger partial charge is 0.506 e. The van der Waals surface area contributed by atoms with E-state index in [0.29, 0.717) is 47.3 Å². The van der Waals surface area contributed by atoms with Gasteiger partial charge in [0.2, 0.25) is 5.56 Å². The summed E-state index contributed by atoms with van der Waals surface area (Å²) in [5.41, 5.74) is 3.56. The van der Waals surface area contributed by atoms with Gasteiger partial charge < -0.3 is 40.6 Å². The lowest BCUT2D eigenvalue weighted by Crippen LogP contribution is -2.34. The van der Waals surface area contributed by atoms with Gasteiger partial charge >= 0.3 is 6.09 Å². The van der Waals surface area contributed by atoms with Crippen LogP contribution in [0.4, 0.5) is 9.18 Å². The van der Waals surface area contributed by atoms with Crippen molar-refractivity contribution in [3.05, 3.63) is 177 Å². The number of carbonyl (C=O) groups is 2. The molecule has 0 unspecified atom stereocenters. The standard InChI is InChI=1S/C43H41FN4O7/c44-36-13-5-4-10-32(36)26-48(23-7-22-45-25-38(50)34-18-20-37(49)41-35(34)19-21-39(51)46-41)42(52)30-16-14-28(15-17-30)27-55-33-12-6-11-31(24-33)40(47-43(53)54)29-8-2-1-3-9-29/h1-6,8-21,24,38,40,45,47,49-50H,7,22-23,25-27H2,(H,46,51)(H,53,54)/t38-,40-/m0/s1. The molecule has 282 valence electrons. The van der Waals surface area contributed by atoms with Crippen LogP contribution in [0.15, 0.2) is 132 Å². The number of amides is 2. The number of nitrogens with one attached hydrogen (secondary N) is 3. The minimum Gasteiger partial charge on any atom is -0.506 e. The number of pyridine rings is 1. The lowest BCUT2D eigenvalue weighted by Gasteiger charge is -2.24. The highest BCUT2D eigenvalue weighted by Gasteiger charge is 2.20. The number of aromatic nitrogens is 1. The maximum absolute atomic E-state index is 14.7. The number of aromatic hydroxyl groups is 1. The molecule has 0 saturated heterocycles. The van der Waals surface area contributed by atoms with Crippen molar-refractivity contribution in [1.29, 1.82) is 0 Å². The second-order valence-electron chi connectivity index (χ2n) is 13.0. The molecule has 0 aliphatic rings. The predicted molar refractivity (Wildman–Crippen MR) is 206 cm³/mol. The summed E-state index contributed by atoms with van der Waals surface area (Å²) in [7, 11) is 0. The van der Waals surface area contributed by atoms with Crippen LogP contribution < -0.4 is 20.9 Å². The van der Waals surface area contributed by atoms with Crippen LogP contribution in [0, 0.1) is 5.82 Å². The third kappa shape index (κ3) is 9.93. The number of phenolic OH excluding ortho intramolecular Hbond substituents is 1. The van der Waals surface area contributed by atoms with Gasteiger partial charge in [0.25, 0.3) is 5.91 Å². The molecule has 0 bridgehead atoms. The maximum atomic E-state index is 14.7. The molecule has 0 spiro atoms. The molecule has 0 saturated carbocycles. The molecule has 2 atom stereocenters. The highest BCUT2D eigenvalue weighted by molar-refractivity contribution is 5.94. The summed E-state index contributed by atoms with van der Waals surface area (Å²) in [4.78, 5) is 41.3. The Morgan fingerprint density at radius 3 is 2.36 bits per heavy atom. The van der Waals surface area contributed by atoms with Crippen molar-refractivity contribution in [2.75, 3.05) is 19.6 Å². The van der Waals surface area contributed by atoms with E-state index < -0.39 is 24.1 Å². The van der Waals surface area contributed by atoms with E-state index in [-0.39, 0.29) is 42.4 Å². The first kappa shape index (κ1) is 38.2. The van der Waals surface area contributed by atoms with Crippen molar-refractivity contribution in [1.82, 2.24) is 20.5 Å². The van der Waals surface area contributed by atoms with Gasteiger partial charge in [-0.1, -0.05) is 78.9 Å². The molecule has 0 fully saturated rings. The number of aromatic amines is 1. The Morgan fingerprint density at radius 1 is 0.855 bits per heavy atom. The number of hydrogen-bond acceptors (Lipinski definition) is 7. The van der Waals surface area contributed by atoms with Crippen LogP contribution >= 0.6 is 0 Å². The molecule has 6 N–H and O–H groups in total. The van der Waals surface area contributed by atoms with Crippen LogP contribution in [0.25, 0.3) is 10.9 Å². The smallest absolute Gasteiger partial charge is 0.405 e. The van der Waals surface area contributed by atoms with E-state index in [1.165, 1.54) is 18.2 Å². The van der Waals surface area contributed by atoms with Gasteiger partial charge in [-0.2, -0.15) is 0 Å². The van der Waals surface area contributed by atoms with Crippen LogP contribution in [0.3, 0.4) is 0 Å². The van der Waals surface area contributed by atoms with Crippen molar-refractivity contribution in [3.63, 3.8) is 0 Å². The predicted octanol–water partition coefficient (Wildman–Crippen LogP) is 6.66. The third-order valence-corrected chi connectivity index (χ3v) is 9.19. The lowest BCUT2D eigenvalue weighted by molar-refractivity contribution is 0.0738. The normalized spacial score (nSPS) is 12.2. The molecule has 5 aromatic carbocycles. The van der Waals surface area contributed by atoms with Gasteiger partial charge in [-0.3, -0.25) is 9.59 Å². The molecule has 0 aliphatic heterocycles. The SMILES string of the molecule is O=C(O)N[C@@H](c1ccccc1)c1cccc(OCc2ccc(C(=O)N(CCCNC[C@H](O)c3ccc(O)c4[nH]c(=O)ccc34)Cc3ccccc3F)cc2)c1. The Kier molecular flexibility index (Phi) is 12.5. The second kappa shape index (κ2) is 18.0. The number of halogens is 1. The molecule has 0 radical (unpaired) electrons. The van der Waals surface area contributed by atoms with Crippen LogP contribution in [-0.4, -0.2) is 56.8 Å². The first-order valence-corrected chi connectivity index (χ1v) is 17.8. The summed E-state index contributed by atoms with van der Waals surface area (Å²) in [5.74, 6) is -0.220. The zero-order chi connectivity index (χ0) is 38.7. The second-order valence-corrected chi connectivity index (χ2v) is 13.0. The number of H-pyrrole nitrogens is 1. The summed E-state index contributed by atoms with van der Waals surface area (Å²) >= 11 is 0. The number of rotatable bonds is 16. The topological polar surface area (TPSA) is 164 Å². The Bertz CT molecular complexity index is 2300. The number of hydrogen-bond donors (Lipinski definition) is 6. The quantitative estimate of drug-likeness (QED) is 0.0599. The van der Waals surface area contributed by atoms with Gasteiger partial charge in [0, 0.05) is 42.2 Å². The van der Waals surface area contributed by atoms with Gasteiger partial charge in [0.05, 0.1) is 17.7 Å². The number of phenols is 1. The van der Waals surface area contributed by atoms with E-state index in [9.17, 15) is 34.1 Å². The van der Waals surface area contributed by atoms with E-state index in [1.54, 1.807) is 77.7 Å². The first-order chi connectivity index (χ1) is 26.7.